The monoisotopic (exact) mass is 367 g/mol. The van der Waals surface area contributed by atoms with E-state index in [-0.39, 0.29) is 24.0 Å². The van der Waals surface area contributed by atoms with Gasteiger partial charge in [-0.15, -0.1) is 0 Å². The summed E-state index contributed by atoms with van der Waals surface area (Å²) < 4.78 is 0. The first kappa shape index (κ1) is 18.4. The van der Waals surface area contributed by atoms with Crippen molar-refractivity contribution in [2.24, 2.45) is 17.2 Å². The molecule has 1 heterocycles. The van der Waals surface area contributed by atoms with Crippen molar-refractivity contribution < 1.29 is 14.7 Å². The molecule has 3 rings (SSSR count). The van der Waals surface area contributed by atoms with Crippen molar-refractivity contribution in [1.82, 2.24) is 4.98 Å². The smallest absolute Gasteiger partial charge is 0.317 e. The SMILES string of the molecule is NC(=O)Nc1[nH]c2cc(-c3cccc(C(N)CCO)c3)ccc2c1C(N)=O. The highest BCUT2D eigenvalue weighted by atomic mass is 16.3. The molecule has 0 aliphatic heterocycles. The average Bonchev–Trinajstić information content (AvgIpc) is 2.98. The molecule has 0 aliphatic rings. The highest BCUT2D eigenvalue weighted by molar-refractivity contribution is 6.13. The Kier molecular flexibility index (Phi) is 5.11. The lowest BCUT2D eigenvalue weighted by molar-refractivity contribution is 0.100. The van der Waals surface area contributed by atoms with Gasteiger partial charge in [-0.2, -0.15) is 0 Å². The van der Waals surface area contributed by atoms with Crippen molar-refractivity contribution in [1.29, 1.82) is 0 Å². The number of rotatable bonds is 6. The molecule has 0 fully saturated rings. The van der Waals surface area contributed by atoms with Gasteiger partial charge in [0.05, 0.1) is 5.56 Å². The van der Waals surface area contributed by atoms with Crippen LogP contribution in [0.1, 0.15) is 28.4 Å². The molecule has 3 aromatic rings. The Bertz CT molecular complexity index is 1010. The summed E-state index contributed by atoms with van der Waals surface area (Å²) in [5.74, 6) is -0.504. The van der Waals surface area contributed by atoms with Crippen molar-refractivity contribution in [3.63, 3.8) is 0 Å². The van der Waals surface area contributed by atoms with E-state index in [1.54, 1.807) is 6.07 Å². The first-order valence-corrected chi connectivity index (χ1v) is 8.39. The summed E-state index contributed by atoms with van der Waals surface area (Å²) in [5, 5.41) is 12.0. The normalized spacial score (nSPS) is 12.1. The zero-order valence-corrected chi connectivity index (χ0v) is 14.5. The molecule has 1 aromatic heterocycles. The number of nitrogens with one attached hydrogen (secondary N) is 2. The van der Waals surface area contributed by atoms with Crippen LogP contribution in [0.5, 0.6) is 0 Å². The molecule has 0 bridgehead atoms. The second kappa shape index (κ2) is 7.48. The van der Waals surface area contributed by atoms with Crippen LogP contribution in [0.2, 0.25) is 0 Å². The van der Waals surface area contributed by atoms with Crippen molar-refractivity contribution in [2.75, 3.05) is 11.9 Å². The molecular weight excluding hydrogens is 346 g/mol. The van der Waals surface area contributed by atoms with E-state index in [9.17, 15) is 9.59 Å². The first-order valence-electron chi connectivity index (χ1n) is 8.39. The van der Waals surface area contributed by atoms with Crippen LogP contribution in [0.4, 0.5) is 10.6 Å². The summed E-state index contributed by atoms with van der Waals surface area (Å²) >= 11 is 0. The number of fused-ring (bicyclic) bond motifs is 1. The third kappa shape index (κ3) is 3.76. The standard InChI is InChI=1S/C19H21N5O3/c20-14(6-7-25)12-3-1-2-10(8-12)11-4-5-13-15(9-11)23-18(24-19(22)27)16(13)17(21)26/h1-5,8-9,14,23,25H,6-7,20H2,(H2,21,26)(H3,22,24,27). The predicted molar refractivity (Wildman–Crippen MR) is 104 cm³/mol. The second-order valence-electron chi connectivity index (χ2n) is 6.23. The molecule has 0 saturated carbocycles. The number of amides is 3. The molecule has 9 N–H and O–H groups in total. The van der Waals surface area contributed by atoms with Gasteiger partial charge in [-0.1, -0.05) is 30.3 Å². The van der Waals surface area contributed by atoms with Gasteiger partial charge in [0.25, 0.3) is 5.91 Å². The van der Waals surface area contributed by atoms with Gasteiger partial charge in [0.1, 0.15) is 5.82 Å². The maximum atomic E-state index is 11.8. The zero-order chi connectivity index (χ0) is 19.6. The van der Waals surface area contributed by atoms with E-state index >= 15 is 0 Å². The molecule has 1 atom stereocenters. The number of aromatic nitrogens is 1. The molecule has 0 radical (unpaired) electrons. The number of H-pyrrole nitrogens is 1. The van der Waals surface area contributed by atoms with Gasteiger partial charge >= 0.3 is 6.03 Å². The summed E-state index contributed by atoms with van der Waals surface area (Å²) in [6.07, 6.45) is 0.475. The van der Waals surface area contributed by atoms with Gasteiger partial charge in [0.15, 0.2) is 0 Å². The number of urea groups is 1. The third-order valence-electron chi connectivity index (χ3n) is 4.38. The van der Waals surface area contributed by atoms with Gasteiger partial charge in [-0.05, 0) is 35.2 Å². The molecule has 27 heavy (non-hydrogen) atoms. The fraction of sp³-hybridized carbons (Fsp3) is 0.158. The van der Waals surface area contributed by atoms with Crippen molar-refractivity contribution in [3.05, 3.63) is 53.6 Å². The highest BCUT2D eigenvalue weighted by Crippen LogP contribution is 2.31. The van der Waals surface area contributed by atoms with E-state index in [4.69, 9.17) is 22.3 Å². The number of carbonyl (C=O) groups excluding carboxylic acids is 2. The first-order chi connectivity index (χ1) is 12.9. The largest absolute Gasteiger partial charge is 0.396 e. The Balaban J connectivity index is 2.06. The van der Waals surface area contributed by atoms with Crippen molar-refractivity contribution in [3.8, 4) is 11.1 Å². The Morgan fingerprint density at radius 3 is 2.52 bits per heavy atom. The number of hydrogen-bond donors (Lipinski definition) is 6. The van der Waals surface area contributed by atoms with E-state index < -0.39 is 11.9 Å². The van der Waals surface area contributed by atoms with Crippen LogP contribution in [0.3, 0.4) is 0 Å². The summed E-state index contributed by atoms with van der Waals surface area (Å²) in [6.45, 7) is 0.0192. The molecule has 3 amide bonds. The molecule has 8 nitrogen and oxygen atoms in total. The molecule has 0 saturated heterocycles. The van der Waals surface area contributed by atoms with Crippen LogP contribution in [0.25, 0.3) is 22.0 Å². The van der Waals surface area contributed by atoms with Crippen LogP contribution in [-0.4, -0.2) is 28.6 Å². The molecule has 1 unspecified atom stereocenters. The van der Waals surface area contributed by atoms with Gasteiger partial charge in [-0.25, -0.2) is 4.79 Å². The Morgan fingerprint density at radius 1 is 1.11 bits per heavy atom. The van der Waals surface area contributed by atoms with Crippen LogP contribution >= 0.6 is 0 Å². The van der Waals surface area contributed by atoms with Gasteiger partial charge in [0.2, 0.25) is 0 Å². The van der Waals surface area contributed by atoms with E-state index in [1.165, 1.54) is 0 Å². The Morgan fingerprint density at radius 2 is 1.85 bits per heavy atom. The topological polar surface area (TPSA) is 160 Å². The number of anilines is 1. The maximum Gasteiger partial charge on any atom is 0.317 e. The highest BCUT2D eigenvalue weighted by Gasteiger charge is 2.18. The van der Waals surface area contributed by atoms with E-state index in [0.717, 1.165) is 16.7 Å². The third-order valence-corrected chi connectivity index (χ3v) is 4.38. The van der Waals surface area contributed by atoms with Gasteiger partial charge in [0, 0.05) is 23.6 Å². The molecule has 0 aliphatic carbocycles. The lowest BCUT2D eigenvalue weighted by atomic mass is 9.97. The summed E-state index contributed by atoms with van der Waals surface area (Å²) in [5.41, 5.74) is 20.2. The zero-order valence-electron chi connectivity index (χ0n) is 14.5. The van der Waals surface area contributed by atoms with Crippen molar-refractivity contribution in [2.45, 2.75) is 12.5 Å². The fourth-order valence-electron chi connectivity index (χ4n) is 3.10. The summed E-state index contributed by atoms with van der Waals surface area (Å²) in [7, 11) is 0. The molecule has 0 spiro atoms. The van der Waals surface area contributed by atoms with Gasteiger partial charge < -0.3 is 27.3 Å². The molecule has 140 valence electrons. The van der Waals surface area contributed by atoms with Gasteiger partial charge in [-0.3, -0.25) is 10.1 Å². The average molecular weight is 367 g/mol. The van der Waals surface area contributed by atoms with E-state index in [2.05, 4.69) is 10.3 Å². The minimum atomic E-state index is -0.796. The number of aromatic amines is 1. The quantitative estimate of drug-likeness (QED) is 0.392. The minimum absolute atomic E-state index is 0.0192. The fourth-order valence-corrected chi connectivity index (χ4v) is 3.10. The van der Waals surface area contributed by atoms with E-state index in [1.807, 2.05) is 36.4 Å². The van der Waals surface area contributed by atoms with Crippen LogP contribution in [0.15, 0.2) is 42.5 Å². The van der Waals surface area contributed by atoms with Crippen LogP contribution < -0.4 is 22.5 Å². The summed E-state index contributed by atoms with van der Waals surface area (Å²) in [6, 6.07) is 12.1. The molecule has 8 heteroatoms. The number of aliphatic hydroxyl groups is 1. The minimum Gasteiger partial charge on any atom is -0.396 e. The van der Waals surface area contributed by atoms with Crippen molar-refractivity contribution >= 4 is 28.7 Å². The summed E-state index contributed by atoms with van der Waals surface area (Å²) in [4.78, 5) is 25.9. The Hall–Kier alpha value is -3.36. The lowest BCUT2D eigenvalue weighted by Gasteiger charge is -2.12. The maximum absolute atomic E-state index is 11.8. The number of hydrogen-bond acceptors (Lipinski definition) is 4. The molecular formula is C19H21N5O3. The number of carbonyl (C=O) groups is 2. The number of benzene rings is 2. The van der Waals surface area contributed by atoms with Crippen LogP contribution in [-0.2, 0) is 0 Å². The predicted octanol–water partition coefficient (Wildman–Crippen LogP) is 1.81. The van der Waals surface area contributed by atoms with E-state index in [0.29, 0.717) is 17.3 Å². The Labute approximate surface area is 155 Å². The number of nitrogens with two attached hydrogens (primary N) is 3. The second-order valence-corrected chi connectivity index (χ2v) is 6.23. The lowest BCUT2D eigenvalue weighted by Crippen LogP contribution is -2.22. The number of aliphatic hydroxyl groups excluding tert-OH is 1. The number of primary amides is 2. The molecule has 2 aromatic carbocycles. The van der Waals surface area contributed by atoms with Crippen LogP contribution in [0, 0.1) is 0 Å².